The van der Waals surface area contributed by atoms with Crippen LogP contribution in [0.15, 0.2) is 78.9 Å². The molecule has 0 aromatic heterocycles. The number of unbranched alkanes of at least 4 members (excludes halogenated alkanes) is 1. The Morgan fingerprint density at radius 3 is 1.18 bits per heavy atom. The Labute approximate surface area is 475 Å². The van der Waals surface area contributed by atoms with Gasteiger partial charge in [-0.05, 0) is 99.4 Å². The number of carboxylic acid groups (broad SMARTS) is 2. The molecule has 17 N–H and O–H groups in total. The summed E-state index contributed by atoms with van der Waals surface area (Å²) in [4.78, 5) is 147. The molecule has 0 heterocycles. The van der Waals surface area contributed by atoms with E-state index in [0.29, 0.717) is 36.1 Å². The maximum atomic E-state index is 14.6. The minimum Gasteiger partial charge on any atom is -0.508 e. The van der Waals surface area contributed by atoms with E-state index >= 15 is 0 Å². The molecule has 9 amide bonds. The van der Waals surface area contributed by atoms with Crippen LogP contribution in [-0.4, -0.2) is 152 Å². The monoisotopic (exact) mass is 1150 g/mol. The largest absolute Gasteiger partial charge is 0.508 e. The van der Waals surface area contributed by atoms with Crippen molar-refractivity contribution in [1.29, 1.82) is 0 Å². The molecular formula is C56H79N11O15. The van der Waals surface area contributed by atoms with Crippen LogP contribution in [0.1, 0.15) is 90.8 Å². The molecule has 0 radical (unpaired) electrons. The lowest BCUT2D eigenvalue weighted by Gasteiger charge is -2.29. The zero-order valence-corrected chi connectivity index (χ0v) is 47.0. The molecule has 0 saturated heterocycles. The number of hydrogen-bond donors (Lipinski definition) is 15. The molecule has 3 aromatic rings. The molecule has 0 saturated carbocycles. The Balaban J connectivity index is 1.89. The van der Waals surface area contributed by atoms with Gasteiger partial charge in [0, 0.05) is 19.3 Å². The molecule has 0 unspecified atom stereocenters. The van der Waals surface area contributed by atoms with E-state index in [1.54, 1.807) is 58.0 Å². The van der Waals surface area contributed by atoms with Gasteiger partial charge >= 0.3 is 11.9 Å². The first-order valence-corrected chi connectivity index (χ1v) is 26.8. The highest BCUT2D eigenvalue weighted by Gasteiger charge is 2.36. The number of nitrogens with two attached hydrogens (primary N) is 2. The van der Waals surface area contributed by atoms with E-state index in [1.807, 2.05) is 0 Å². The quantitative estimate of drug-likeness (QED) is 0.0321. The highest BCUT2D eigenvalue weighted by atomic mass is 16.4. The maximum absolute atomic E-state index is 14.6. The summed E-state index contributed by atoms with van der Waals surface area (Å²) in [5.41, 5.74) is 12.7. The van der Waals surface area contributed by atoms with Gasteiger partial charge in [0.25, 0.3) is 0 Å². The summed E-state index contributed by atoms with van der Waals surface area (Å²) in [5.74, 6) is -11.7. The summed E-state index contributed by atoms with van der Waals surface area (Å²) in [6.45, 7) is 10.8. The van der Waals surface area contributed by atoms with Gasteiger partial charge in [-0.1, -0.05) is 82.3 Å². The maximum Gasteiger partial charge on any atom is 0.326 e. The zero-order valence-electron chi connectivity index (χ0n) is 47.0. The summed E-state index contributed by atoms with van der Waals surface area (Å²) in [5, 5.41) is 61.6. The number of phenolic OH excluding ortho intramolecular Hbond substituents is 2. The lowest BCUT2D eigenvalue weighted by Crippen LogP contribution is -2.61. The molecule has 26 heteroatoms. The fourth-order valence-electron chi connectivity index (χ4n) is 8.11. The van der Waals surface area contributed by atoms with Gasteiger partial charge in [-0.25, -0.2) is 4.79 Å². The van der Waals surface area contributed by atoms with Crippen molar-refractivity contribution in [2.75, 3.05) is 6.54 Å². The molecule has 448 valence electrons. The van der Waals surface area contributed by atoms with Crippen LogP contribution in [0.5, 0.6) is 11.5 Å². The Kier molecular flexibility index (Phi) is 27.4. The number of amides is 9. The Morgan fingerprint density at radius 2 is 0.756 bits per heavy atom. The van der Waals surface area contributed by atoms with Gasteiger partial charge < -0.3 is 79.7 Å². The number of carbonyl (C=O) groups is 11. The molecule has 3 aromatic carbocycles. The minimum atomic E-state index is -1.49. The average Bonchev–Trinajstić information content (AvgIpc) is 3.41. The van der Waals surface area contributed by atoms with Gasteiger partial charge in [0.05, 0.1) is 12.5 Å². The van der Waals surface area contributed by atoms with Crippen LogP contribution in [0.4, 0.5) is 0 Å². The molecular weight excluding hydrogens is 1070 g/mol. The molecule has 26 nitrogen and oxygen atoms in total. The van der Waals surface area contributed by atoms with Crippen molar-refractivity contribution in [2.24, 2.45) is 23.3 Å². The SMILES string of the molecule is CC(C)[C@H](NC(=O)[C@H](C)NC(=O)[C@H](Cc1ccc(O)cc1)NC(=O)[C@H](Cc1ccccc1)NC(=O)[C@@H](NC(=O)[C@H](Cc1ccc(O)cc1)NC(=O)[C@H](C)NC(=O)[C@@H](N)CC(=O)O)C(C)C)C(=O)N[C@@H](C)C(=O)N[C@@H](CCCCN)C(=O)O. The van der Waals surface area contributed by atoms with Crippen molar-refractivity contribution < 1.29 is 73.2 Å². The molecule has 0 aliphatic rings. The molecule has 0 spiro atoms. The number of rotatable bonds is 33. The van der Waals surface area contributed by atoms with Crippen LogP contribution in [0.3, 0.4) is 0 Å². The van der Waals surface area contributed by atoms with E-state index in [0.717, 1.165) is 0 Å². The Hall–Kier alpha value is -8.65. The molecule has 82 heavy (non-hydrogen) atoms. The predicted molar refractivity (Wildman–Crippen MR) is 299 cm³/mol. The van der Waals surface area contributed by atoms with Crippen molar-refractivity contribution in [3.8, 4) is 11.5 Å². The first kappa shape index (κ1) is 67.6. The number of carbonyl (C=O) groups excluding carboxylic acids is 9. The summed E-state index contributed by atoms with van der Waals surface area (Å²) in [6, 6.07) is 6.37. The molecule has 0 aliphatic heterocycles. The number of aliphatic carboxylic acids is 2. The van der Waals surface area contributed by atoms with E-state index in [2.05, 4.69) is 47.9 Å². The third kappa shape index (κ3) is 22.8. The van der Waals surface area contributed by atoms with Gasteiger partial charge in [0.2, 0.25) is 53.2 Å². The number of phenols is 2. The van der Waals surface area contributed by atoms with E-state index in [9.17, 15) is 68.1 Å². The number of benzene rings is 3. The first-order chi connectivity index (χ1) is 38.6. The van der Waals surface area contributed by atoms with E-state index in [1.165, 1.54) is 69.3 Å². The lowest BCUT2D eigenvalue weighted by atomic mass is 9.99. The van der Waals surface area contributed by atoms with Gasteiger partial charge in [-0.15, -0.1) is 0 Å². The second-order valence-corrected chi connectivity index (χ2v) is 20.7. The van der Waals surface area contributed by atoms with Crippen molar-refractivity contribution in [2.45, 2.75) is 154 Å². The number of nitrogens with one attached hydrogen (secondary N) is 9. The van der Waals surface area contributed by atoms with Crippen LogP contribution in [-0.2, 0) is 72.0 Å². The zero-order chi connectivity index (χ0) is 61.4. The fourth-order valence-corrected chi connectivity index (χ4v) is 8.11. The number of hydrogen-bond acceptors (Lipinski definition) is 15. The minimum absolute atomic E-state index is 0.0840. The molecule has 0 fully saturated rings. The lowest BCUT2D eigenvalue weighted by molar-refractivity contribution is -0.142. The van der Waals surface area contributed by atoms with Crippen molar-refractivity contribution in [3.05, 3.63) is 95.6 Å². The summed E-state index contributed by atoms with van der Waals surface area (Å²) in [6.07, 6.45) is -0.167. The Morgan fingerprint density at radius 1 is 0.415 bits per heavy atom. The van der Waals surface area contributed by atoms with E-state index < -0.39 is 144 Å². The Bertz CT molecular complexity index is 2680. The molecule has 3 rings (SSSR count). The number of aromatic hydroxyl groups is 2. The fraction of sp³-hybridized carbons (Fsp3) is 0.482. The first-order valence-electron chi connectivity index (χ1n) is 26.8. The van der Waals surface area contributed by atoms with Crippen LogP contribution in [0.2, 0.25) is 0 Å². The van der Waals surface area contributed by atoms with Gasteiger partial charge in [0.1, 0.15) is 65.9 Å². The van der Waals surface area contributed by atoms with Crippen molar-refractivity contribution in [3.63, 3.8) is 0 Å². The van der Waals surface area contributed by atoms with E-state index in [4.69, 9.17) is 16.6 Å². The van der Waals surface area contributed by atoms with Gasteiger partial charge in [-0.3, -0.25) is 47.9 Å². The van der Waals surface area contributed by atoms with Gasteiger partial charge in [0.15, 0.2) is 0 Å². The second-order valence-electron chi connectivity index (χ2n) is 20.7. The molecule has 0 bridgehead atoms. The summed E-state index contributed by atoms with van der Waals surface area (Å²) < 4.78 is 0. The van der Waals surface area contributed by atoms with Crippen molar-refractivity contribution in [1.82, 2.24) is 47.9 Å². The summed E-state index contributed by atoms with van der Waals surface area (Å²) in [7, 11) is 0. The van der Waals surface area contributed by atoms with Crippen LogP contribution in [0.25, 0.3) is 0 Å². The second kappa shape index (κ2) is 33.2. The third-order valence-corrected chi connectivity index (χ3v) is 13.0. The molecule has 0 aliphatic carbocycles. The average molecular weight is 1150 g/mol. The van der Waals surface area contributed by atoms with Gasteiger partial charge in [-0.2, -0.15) is 0 Å². The van der Waals surface area contributed by atoms with E-state index in [-0.39, 0.29) is 37.2 Å². The van der Waals surface area contributed by atoms with Crippen LogP contribution >= 0.6 is 0 Å². The molecule has 10 atom stereocenters. The van der Waals surface area contributed by atoms with Crippen LogP contribution < -0.4 is 59.3 Å². The topological polar surface area (TPSA) is 429 Å². The van der Waals surface area contributed by atoms with Crippen molar-refractivity contribution >= 4 is 65.1 Å². The number of carboxylic acids is 2. The standard InChI is InChI=1S/C56H79N11O15/c1-29(2)45(54(79)61-32(6)47(72)62-40(56(81)82)15-11-12-24-57)66-49(74)33(7)60-51(76)41(26-35-16-20-37(68)21-17-35)64-52(77)42(25-34-13-9-8-10-14-34)65-55(80)46(30(3)4)67-53(78)43(27-36-18-22-38(69)23-19-36)63-48(73)31(5)59-50(75)39(58)28-44(70)71/h8-10,13-14,16-23,29-33,39-43,45-46,68-69H,11-12,15,24-28,57-58H2,1-7H3,(H,59,75)(H,60,76)(H,61,79)(H,62,72)(H,63,73)(H,64,77)(H,65,80)(H,66,74)(H,67,78)(H,70,71)(H,81,82)/t31-,32-,33-,39-,40-,41-,42-,43-,45-,46-/m0/s1. The van der Waals surface area contributed by atoms with Crippen LogP contribution in [0, 0.1) is 11.8 Å². The normalized spacial score (nSPS) is 14.8. The smallest absolute Gasteiger partial charge is 0.326 e. The highest BCUT2D eigenvalue weighted by Crippen LogP contribution is 2.16. The predicted octanol–water partition coefficient (Wildman–Crippen LogP) is -1.12. The summed E-state index contributed by atoms with van der Waals surface area (Å²) >= 11 is 0. The third-order valence-electron chi connectivity index (χ3n) is 13.0. The highest BCUT2D eigenvalue weighted by molar-refractivity contribution is 5.99.